The van der Waals surface area contributed by atoms with E-state index in [0.29, 0.717) is 22.8 Å². The number of nitrogens with zero attached hydrogens (tertiary/aromatic N) is 2. The van der Waals surface area contributed by atoms with Crippen molar-refractivity contribution >= 4 is 17.5 Å². The van der Waals surface area contributed by atoms with Gasteiger partial charge in [-0.25, -0.2) is 4.98 Å². The number of likely N-dealkylation sites (tertiary alicyclic amines) is 1. The summed E-state index contributed by atoms with van der Waals surface area (Å²) in [5.74, 6) is 0.0751. The lowest BCUT2D eigenvalue weighted by Crippen LogP contribution is -2.39. The number of aromatic nitrogens is 1. The molecule has 0 bridgehead atoms. The lowest BCUT2D eigenvalue weighted by molar-refractivity contribution is 0.0676. The first-order chi connectivity index (χ1) is 8.13. The smallest absolute Gasteiger partial charge is 0.254 e. The average molecular weight is 253 g/mol. The maximum absolute atomic E-state index is 12.4. The Hall–Kier alpha value is -1.09. The molecule has 0 N–H and O–H groups in total. The number of amides is 1. The van der Waals surface area contributed by atoms with E-state index in [4.69, 9.17) is 11.6 Å². The Morgan fingerprint density at radius 2 is 2.35 bits per heavy atom. The first-order valence-electron chi connectivity index (χ1n) is 6.07. The van der Waals surface area contributed by atoms with Crippen LogP contribution in [0.2, 0.25) is 5.15 Å². The molecular weight excluding hydrogens is 236 g/mol. The van der Waals surface area contributed by atoms with Crippen LogP contribution >= 0.6 is 11.6 Å². The molecule has 2 heterocycles. The number of pyridine rings is 1. The number of hydrogen-bond acceptors (Lipinski definition) is 2. The Bertz CT molecular complexity index is 422. The van der Waals surface area contributed by atoms with Gasteiger partial charge in [-0.3, -0.25) is 4.79 Å². The highest BCUT2D eigenvalue weighted by Crippen LogP contribution is 2.28. The normalized spacial score (nSPS) is 24.1. The third-order valence-corrected chi connectivity index (χ3v) is 3.67. The van der Waals surface area contributed by atoms with Gasteiger partial charge in [-0.1, -0.05) is 18.5 Å². The fourth-order valence-corrected chi connectivity index (χ4v) is 2.70. The van der Waals surface area contributed by atoms with E-state index >= 15 is 0 Å². The Kier molecular flexibility index (Phi) is 3.67. The minimum Gasteiger partial charge on any atom is -0.333 e. The SMILES string of the molecule is CCC1CCC(C)N1C(=O)c1ccnc(Cl)c1. The molecule has 1 saturated heterocycles. The Morgan fingerprint density at radius 3 is 3.00 bits per heavy atom. The molecule has 0 saturated carbocycles. The molecule has 2 atom stereocenters. The molecule has 1 aliphatic heterocycles. The molecule has 0 spiro atoms. The largest absolute Gasteiger partial charge is 0.333 e. The van der Waals surface area contributed by atoms with Gasteiger partial charge in [0.05, 0.1) is 0 Å². The zero-order valence-electron chi connectivity index (χ0n) is 10.2. The van der Waals surface area contributed by atoms with Crippen LogP contribution in [-0.2, 0) is 0 Å². The van der Waals surface area contributed by atoms with Gasteiger partial charge in [0.15, 0.2) is 0 Å². The molecule has 3 nitrogen and oxygen atoms in total. The van der Waals surface area contributed by atoms with Crippen molar-refractivity contribution in [1.82, 2.24) is 9.88 Å². The van der Waals surface area contributed by atoms with Gasteiger partial charge in [0.2, 0.25) is 0 Å². The van der Waals surface area contributed by atoms with Crippen molar-refractivity contribution in [2.45, 2.75) is 45.2 Å². The fourth-order valence-electron chi connectivity index (χ4n) is 2.52. The molecule has 1 fully saturated rings. The van der Waals surface area contributed by atoms with Crippen LogP contribution in [0.25, 0.3) is 0 Å². The monoisotopic (exact) mass is 252 g/mol. The van der Waals surface area contributed by atoms with Crippen LogP contribution in [0, 0.1) is 0 Å². The molecular formula is C13H17ClN2O. The molecule has 1 amide bonds. The van der Waals surface area contributed by atoms with Crippen LogP contribution < -0.4 is 0 Å². The van der Waals surface area contributed by atoms with Crippen molar-refractivity contribution in [3.63, 3.8) is 0 Å². The third-order valence-electron chi connectivity index (χ3n) is 3.47. The van der Waals surface area contributed by atoms with E-state index in [9.17, 15) is 4.79 Å². The van der Waals surface area contributed by atoms with E-state index in [1.165, 1.54) is 0 Å². The maximum Gasteiger partial charge on any atom is 0.254 e. The molecule has 0 aromatic carbocycles. The summed E-state index contributed by atoms with van der Waals surface area (Å²) in [5, 5.41) is 0.371. The maximum atomic E-state index is 12.4. The van der Waals surface area contributed by atoms with Gasteiger partial charge >= 0.3 is 0 Å². The highest BCUT2D eigenvalue weighted by atomic mass is 35.5. The first-order valence-corrected chi connectivity index (χ1v) is 6.45. The van der Waals surface area contributed by atoms with E-state index in [0.717, 1.165) is 19.3 Å². The second kappa shape index (κ2) is 5.05. The summed E-state index contributed by atoms with van der Waals surface area (Å²) in [6, 6.07) is 4.05. The van der Waals surface area contributed by atoms with Crippen LogP contribution in [0.4, 0.5) is 0 Å². The molecule has 1 aromatic rings. The molecule has 17 heavy (non-hydrogen) atoms. The van der Waals surface area contributed by atoms with Crippen molar-refractivity contribution < 1.29 is 4.79 Å². The predicted molar refractivity (Wildman–Crippen MR) is 68.2 cm³/mol. The summed E-state index contributed by atoms with van der Waals surface area (Å²) in [6.07, 6.45) is 4.78. The van der Waals surface area contributed by atoms with Crippen molar-refractivity contribution in [3.8, 4) is 0 Å². The molecule has 1 aliphatic rings. The fraction of sp³-hybridized carbons (Fsp3) is 0.538. The van der Waals surface area contributed by atoms with Gasteiger partial charge in [-0.15, -0.1) is 0 Å². The van der Waals surface area contributed by atoms with Crippen molar-refractivity contribution in [2.24, 2.45) is 0 Å². The van der Waals surface area contributed by atoms with Crippen LogP contribution in [-0.4, -0.2) is 27.9 Å². The van der Waals surface area contributed by atoms with E-state index in [-0.39, 0.29) is 5.91 Å². The lowest BCUT2D eigenvalue weighted by Gasteiger charge is -2.28. The van der Waals surface area contributed by atoms with Gasteiger partial charge in [-0.05, 0) is 38.3 Å². The molecule has 92 valence electrons. The summed E-state index contributed by atoms with van der Waals surface area (Å²) in [7, 11) is 0. The van der Waals surface area contributed by atoms with Gasteiger partial charge in [0.25, 0.3) is 5.91 Å². The van der Waals surface area contributed by atoms with E-state index in [1.807, 2.05) is 4.90 Å². The zero-order chi connectivity index (χ0) is 12.4. The minimum absolute atomic E-state index is 0.0751. The number of carbonyl (C=O) groups excluding carboxylic acids is 1. The molecule has 4 heteroatoms. The topological polar surface area (TPSA) is 33.2 Å². The van der Waals surface area contributed by atoms with E-state index < -0.39 is 0 Å². The van der Waals surface area contributed by atoms with Gasteiger partial charge in [0, 0.05) is 23.8 Å². The Labute approximate surface area is 107 Å². The van der Waals surface area contributed by atoms with Crippen molar-refractivity contribution in [2.75, 3.05) is 0 Å². The average Bonchev–Trinajstić information content (AvgIpc) is 2.69. The van der Waals surface area contributed by atoms with Crippen LogP contribution in [0.1, 0.15) is 43.5 Å². The van der Waals surface area contributed by atoms with Gasteiger partial charge in [0.1, 0.15) is 5.15 Å². The standard InChI is InChI=1S/C13H17ClN2O/c1-3-11-5-4-9(2)16(11)13(17)10-6-7-15-12(14)8-10/h6-9,11H,3-5H2,1-2H3. The Morgan fingerprint density at radius 1 is 1.59 bits per heavy atom. The molecule has 0 aliphatic carbocycles. The number of hydrogen-bond donors (Lipinski definition) is 0. The summed E-state index contributed by atoms with van der Waals surface area (Å²) >= 11 is 5.82. The molecule has 1 aromatic heterocycles. The van der Waals surface area contributed by atoms with Crippen LogP contribution in [0.15, 0.2) is 18.3 Å². The second-order valence-electron chi connectivity index (χ2n) is 4.57. The lowest BCUT2D eigenvalue weighted by atomic mass is 10.1. The predicted octanol–water partition coefficient (Wildman–Crippen LogP) is 3.14. The second-order valence-corrected chi connectivity index (χ2v) is 4.96. The summed E-state index contributed by atoms with van der Waals surface area (Å²) in [6.45, 7) is 4.23. The van der Waals surface area contributed by atoms with E-state index in [2.05, 4.69) is 18.8 Å². The summed E-state index contributed by atoms with van der Waals surface area (Å²) in [4.78, 5) is 18.3. The minimum atomic E-state index is 0.0751. The third kappa shape index (κ3) is 2.44. The van der Waals surface area contributed by atoms with Gasteiger partial charge in [-0.2, -0.15) is 0 Å². The first kappa shape index (κ1) is 12.4. The molecule has 0 radical (unpaired) electrons. The van der Waals surface area contributed by atoms with Crippen molar-refractivity contribution in [1.29, 1.82) is 0 Å². The number of rotatable bonds is 2. The molecule has 2 rings (SSSR count). The van der Waals surface area contributed by atoms with Crippen LogP contribution in [0.3, 0.4) is 0 Å². The highest BCUT2D eigenvalue weighted by molar-refractivity contribution is 6.29. The number of halogens is 1. The molecule has 2 unspecified atom stereocenters. The highest BCUT2D eigenvalue weighted by Gasteiger charge is 2.33. The summed E-state index contributed by atoms with van der Waals surface area (Å²) < 4.78 is 0. The number of carbonyl (C=O) groups is 1. The Balaban J connectivity index is 2.24. The van der Waals surface area contributed by atoms with E-state index in [1.54, 1.807) is 18.3 Å². The quantitative estimate of drug-likeness (QED) is 0.758. The summed E-state index contributed by atoms with van der Waals surface area (Å²) in [5.41, 5.74) is 0.636. The van der Waals surface area contributed by atoms with Crippen LogP contribution in [0.5, 0.6) is 0 Å². The van der Waals surface area contributed by atoms with Crippen molar-refractivity contribution in [3.05, 3.63) is 29.0 Å². The van der Waals surface area contributed by atoms with Gasteiger partial charge < -0.3 is 4.90 Å². The zero-order valence-corrected chi connectivity index (χ0v) is 10.9.